The van der Waals surface area contributed by atoms with Crippen molar-refractivity contribution in [3.63, 3.8) is 0 Å². The highest BCUT2D eigenvalue weighted by molar-refractivity contribution is 5.94. The Bertz CT molecular complexity index is 499. The predicted molar refractivity (Wildman–Crippen MR) is 78.2 cm³/mol. The third kappa shape index (κ3) is 3.59. The van der Waals surface area contributed by atoms with E-state index in [1.807, 2.05) is 0 Å². The average Bonchev–Trinajstić information content (AvgIpc) is 2.50. The molecule has 0 radical (unpaired) electrons. The van der Waals surface area contributed by atoms with E-state index in [4.69, 9.17) is 0 Å². The molecule has 2 rings (SSSR count). The van der Waals surface area contributed by atoms with Crippen LogP contribution in [0.25, 0.3) is 0 Å². The zero-order valence-corrected chi connectivity index (χ0v) is 12.5. The van der Waals surface area contributed by atoms with Gasteiger partial charge in [-0.25, -0.2) is 8.78 Å². The Morgan fingerprint density at radius 1 is 1.29 bits per heavy atom. The van der Waals surface area contributed by atoms with Gasteiger partial charge in [0.1, 0.15) is 0 Å². The first-order chi connectivity index (χ1) is 10.0. The Morgan fingerprint density at radius 2 is 1.95 bits per heavy atom. The van der Waals surface area contributed by atoms with Gasteiger partial charge in [-0.1, -0.05) is 13.0 Å². The van der Waals surface area contributed by atoms with E-state index in [1.165, 1.54) is 12.1 Å². The summed E-state index contributed by atoms with van der Waals surface area (Å²) < 4.78 is 26.9. The summed E-state index contributed by atoms with van der Waals surface area (Å²) in [5.74, 6) is -2.49. The summed E-state index contributed by atoms with van der Waals surface area (Å²) in [7, 11) is 1.67. The second-order valence-electron chi connectivity index (χ2n) is 5.58. The minimum Gasteiger partial charge on any atom is -0.339 e. The number of benzene rings is 1. The van der Waals surface area contributed by atoms with Crippen LogP contribution in [0.5, 0.6) is 0 Å². The Labute approximate surface area is 124 Å². The molecule has 5 heteroatoms. The van der Waals surface area contributed by atoms with Crippen LogP contribution in [0, 0.1) is 11.6 Å². The number of halogens is 2. The van der Waals surface area contributed by atoms with Gasteiger partial charge < -0.3 is 10.2 Å². The third-order valence-corrected chi connectivity index (χ3v) is 4.24. The van der Waals surface area contributed by atoms with Gasteiger partial charge in [0, 0.05) is 19.1 Å². The first-order valence-corrected chi connectivity index (χ1v) is 7.49. The summed E-state index contributed by atoms with van der Waals surface area (Å²) in [6.07, 6.45) is 3.78. The molecule has 1 aliphatic rings. The molecule has 0 spiro atoms. The molecule has 0 heterocycles. The zero-order valence-electron chi connectivity index (χ0n) is 12.5. The summed E-state index contributed by atoms with van der Waals surface area (Å²) in [6.45, 7) is 3.02. The van der Waals surface area contributed by atoms with Crippen molar-refractivity contribution >= 4 is 5.91 Å². The van der Waals surface area contributed by atoms with Gasteiger partial charge in [0.05, 0.1) is 5.56 Å². The highest BCUT2D eigenvalue weighted by Gasteiger charge is 2.28. The molecule has 0 aliphatic heterocycles. The smallest absolute Gasteiger partial charge is 0.256 e. The maximum atomic E-state index is 13.7. The first kappa shape index (κ1) is 15.9. The predicted octanol–water partition coefficient (Wildman–Crippen LogP) is 2.96. The van der Waals surface area contributed by atoms with Crippen LogP contribution in [0.2, 0.25) is 0 Å². The van der Waals surface area contributed by atoms with Crippen molar-refractivity contribution in [2.24, 2.45) is 0 Å². The van der Waals surface area contributed by atoms with Crippen LogP contribution in [0.4, 0.5) is 8.78 Å². The second kappa shape index (κ2) is 6.98. The van der Waals surface area contributed by atoms with Gasteiger partial charge in [-0.3, -0.25) is 4.79 Å². The van der Waals surface area contributed by atoms with Gasteiger partial charge >= 0.3 is 0 Å². The average molecular weight is 296 g/mol. The number of nitrogens with one attached hydrogen (secondary N) is 1. The number of amides is 1. The molecule has 1 N–H and O–H groups in total. The van der Waals surface area contributed by atoms with E-state index < -0.39 is 17.5 Å². The number of hydrogen-bond acceptors (Lipinski definition) is 2. The highest BCUT2D eigenvalue weighted by Crippen LogP contribution is 2.24. The quantitative estimate of drug-likeness (QED) is 0.926. The molecule has 0 unspecified atom stereocenters. The fourth-order valence-corrected chi connectivity index (χ4v) is 2.98. The largest absolute Gasteiger partial charge is 0.339 e. The Balaban J connectivity index is 2.02. The van der Waals surface area contributed by atoms with Gasteiger partial charge in [0.25, 0.3) is 5.91 Å². The van der Waals surface area contributed by atoms with Crippen LogP contribution in [0.15, 0.2) is 18.2 Å². The van der Waals surface area contributed by atoms with Crippen LogP contribution in [-0.4, -0.2) is 36.5 Å². The number of rotatable bonds is 4. The summed E-state index contributed by atoms with van der Waals surface area (Å²) >= 11 is 0. The Kier molecular flexibility index (Phi) is 5.28. The van der Waals surface area contributed by atoms with Crippen molar-refractivity contribution in [3.8, 4) is 0 Å². The first-order valence-electron chi connectivity index (χ1n) is 7.49. The van der Waals surface area contributed by atoms with Crippen molar-refractivity contribution in [2.75, 3.05) is 13.6 Å². The SMILES string of the molecule is CCNC1CCC(N(C)C(=O)c2cccc(F)c2F)CC1. The van der Waals surface area contributed by atoms with Crippen molar-refractivity contribution in [1.29, 1.82) is 0 Å². The summed E-state index contributed by atoms with van der Waals surface area (Å²) in [6, 6.07) is 4.31. The molecule has 0 bridgehead atoms. The topological polar surface area (TPSA) is 32.3 Å². The van der Waals surface area contributed by atoms with Gasteiger partial charge in [-0.2, -0.15) is 0 Å². The maximum absolute atomic E-state index is 13.7. The maximum Gasteiger partial charge on any atom is 0.256 e. The van der Waals surface area contributed by atoms with E-state index in [0.29, 0.717) is 6.04 Å². The van der Waals surface area contributed by atoms with Crippen LogP contribution in [-0.2, 0) is 0 Å². The van der Waals surface area contributed by atoms with E-state index in [-0.39, 0.29) is 11.6 Å². The molecular weight excluding hydrogens is 274 g/mol. The van der Waals surface area contributed by atoms with Crippen molar-refractivity contribution in [2.45, 2.75) is 44.7 Å². The number of hydrogen-bond donors (Lipinski definition) is 1. The Hall–Kier alpha value is -1.49. The minimum absolute atomic E-state index is 0.0927. The highest BCUT2D eigenvalue weighted by atomic mass is 19.2. The van der Waals surface area contributed by atoms with Gasteiger partial charge in [-0.05, 0) is 44.4 Å². The number of nitrogens with zero attached hydrogens (tertiary/aromatic N) is 1. The molecule has 1 aromatic carbocycles. The monoisotopic (exact) mass is 296 g/mol. The lowest BCUT2D eigenvalue weighted by Gasteiger charge is -2.35. The lowest BCUT2D eigenvalue weighted by Crippen LogP contribution is -2.43. The standard InChI is InChI=1S/C16H22F2N2O/c1-3-19-11-7-9-12(10-8-11)20(2)16(21)13-5-4-6-14(17)15(13)18/h4-6,11-12,19H,3,7-10H2,1-2H3. The Morgan fingerprint density at radius 3 is 2.57 bits per heavy atom. The molecule has 0 saturated heterocycles. The van der Waals surface area contributed by atoms with Crippen molar-refractivity contribution in [3.05, 3.63) is 35.4 Å². The molecule has 21 heavy (non-hydrogen) atoms. The van der Waals surface area contributed by atoms with Crippen LogP contribution >= 0.6 is 0 Å². The lowest BCUT2D eigenvalue weighted by atomic mass is 9.90. The molecule has 0 atom stereocenters. The van der Waals surface area contributed by atoms with Crippen LogP contribution in [0.3, 0.4) is 0 Å². The number of carbonyl (C=O) groups excluding carboxylic acids is 1. The molecule has 0 aromatic heterocycles. The summed E-state index contributed by atoms with van der Waals surface area (Å²) in [5, 5.41) is 3.41. The normalized spacial score (nSPS) is 22.1. The molecular formula is C16H22F2N2O. The third-order valence-electron chi connectivity index (χ3n) is 4.24. The van der Waals surface area contributed by atoms with Crippen molar-refractivity contribution in [1.82, 2.24) is 10.2 Å². The van der Waals surface area contributed by atoms with E-state index in [9.17, 15) is 13.6 Å². The molecule has 1 amide bonds. The van der Waals surface area contributed by atoms with E-state index in [0.717, 1.165) is 38.3 Å². The van der Waals surface area contributed by atoms with Crippen LogP contribution in [0.1, 0.15) is 43.0 Å². The fraction of sp³-hybridized carbons (Fsp3) is 0.562. The van der Waals surface area contributed by atoms with E-state index in [1.54, 1.807) is 11.9 Å². The van der Waals surface area contributed by atoms with Crippen molar-refractivity contribution < 1.29 is 13.6 Å². The lowest BCUT2D eigenvalue weighted by molar-refractivity contribution is 0.0679. The zero-order chi connectivity index (χ0) is 15.4. The van der Waals surface area contributed by atoms with Gasteiger partial charge in [0.15, 0.2) is 11.6 Å². The number of carbonyl (C=O) groups is 1. The molecule has 1 aliphatic carbocycles. The van der Waals surface area contributed by atoms with E-state index in [2.05, 4.69) is 12.2 Å². The minimum atomic E-state index is -1.06. The van der Waals surface area contributed by atoms with Gasteiger partial charge in [-0.15, -0.1) is 0 Å². The van der Waals surface area contributed by atoms with E-state index >= 15 is 0 Å². The molecule has 1 fully saturated rings. The molecule has 1 aromatic rings. The summed E-state index contributed by atoms with van der Waals surface area (Å²) in [4.78, 5) is 13.9. The molecule has 1 saturated carbocycles. The fourth-order valence-electron chi connectivity index (χ4n) is 2.98. The molecule has 116 valence electrons. The van der Waals surface area contributed by atoms with Crippen LogP contribution < -0.4 is 5.32 Å². The second-order valence-corrected chi connectivity index (χ2v) is 5.58. The molecule has 3 nitrogen and oxygen atoms in total. The summed E-state index contributed by atoms with van der Waals surface area (Å²) in [5.41, 5.74) is -0.189. The van der Waals surface area contributed by atoms with Gasteiger partial charge in [0.2, 0.25) is 0 Å².